The Morgan fingerprint density at radius 1 is 1.19 bits per heavy atom. The Morgan fingerprint density at radius 3 is 2.59 bits per heavy atom. The molecule has 0 unspecified atom stereocenters. The van der Waals surface area contributed by atoms with Crippen LogP contribution in [-0.4, -0.2) is 47.9 Å². The molecule has 6 nitrogen and oxygen atoms in total. The van der Waals surface area contributed by atoms with Crippen LogP contribution in [-0.2, 0) is 9.47 Å². The molecule has 2 aliphatic rings. The van der Waals surface area contributed by atoms with Crippen LogP contribution >= 0.6 is 11.6 Å². The number of hydrogen-bond donors (Lipinski definition) is 1. The van der Waals surface area contributed by atoms with Crippen molar-refractivity contribution in [3.8, 4) is 0 Å². The van der Waals surface area contributed by atoms with Crippen molar-refractivity contribution in [2.45, 2.75) is 25.6 Å². The first-order valence-corrected chi connectivity index (χ1v) is 9.49. The summed E-state index contributed by atoms with van der Waals surface area (Å²) in [7, 11) is 0. The maximum atomic E-state index is 12.7. The molecular formula is C20H22ClN3O3. The van der Waals surface area contributed by atoms with Crippen LogP contribution in [0.4, 0.5) is 11.5 Å². The van der Waals surface area contributed by atoms with Gasteiger partial charge < -0.3 is 19.7 Å². The lowest BCUT2D eigenvalue weighted by molar-refractivity contribution is -0.181. The van der Waals surface area contributed by atoms with E-state index >= 15 is 0 Å². The second kappa shape index (κ2) is 7.46. The van der Waals surface area contributed by atoms with E-state index in [2.05, 4.69) is 10.3 Å². The third kappa shape index (κ3) is 3.93. The van der Waals surface area contributed by atoms with Crippen LogP contribution in [0.1, 0.15) is 28.8 Å². The van der Waals surface area contributed by atoms with E-state index in [0.717, 1.165) is 11.3 Å². The summed E-state index contributed by atoms with van der Waals surface area (Å²) in [6.07, 6.45) is 3.02. The highest BCUT2D eigenvalue weighted by Crippen LogP contribution is 2.31. The number of aryl methyl sites for hydroxylation is 1. The van der Waals surface area contributed by atoms with Crippen molar-refractivity contribution in [1.29, 1.82) is 0 Å². The number of piperidine rings is 1. The Morgan fingerprint density at radius 2 is 1.93 bits per heavy atom. The summed E-state index contributed by atoms with van der Waals surface area (Å²) < 4.78 is 11.4. The van der Waals surface area contributed by atoms with Gasteiger partial charge in [0, 0.05) is 42.8 Å². The molecule has 2 aliphatic heterocycles. The van der Waals surface area contributed by atoms with E-state index in [4.69, 9.17) is 21.1 Å². The Hall–Kier alpha value is -2.15. The van der Waals surface area contributed by atoms with Crippen LogP contribution in [0.5, 0.6) is 0 Å². The zero-order valence-electron chi connectivity index (χ0n) is 15.2. The molecule has 7 heteroatoms. The lowest BCUT2D eigenvalue weighted by Gasteiger charge is -2.37. The molecule has 1 aromatic heterocycles. The first-order valence-electron chi connectivity index (χ1n) is 9.11. The van der Waals surface area contributed by atoms with Crippen LogP contribution < -0.4 is 5.32 Å². The number of amides is 1. The quantitative estimate of drug-likeness (QED) is 0.868. The summed E-state index contributed by atoms with van der Waals surface area (Å²) >= 11 is 6.05. The molecule has 2 fully saturated rings. The number of nitrogens with zero attached hydrogens (tertiary/aromatic N) is 2. The van der Waals surface area contributed by atoms with E-state index in [1.54, 1.807) is 12.3 Å². The van der Waals surface area contributed by atoms with Gasteiger partial charge in [-0.25, -0.2) is 4.98 Å². The highest BCUT2D eigenvalue weighted by molar-refractivity contribution is 6.30. The molecule has 142 valence electrons. The first-order chi connectivity index (χ1) is 13.0. The van der Waals surface area contributed by atoms with Gasteiger partial charge in [-0.15, -0.1) is 0 Å². The normalized spacial score (nSPS) is 18.7. The molecule has 1 spiro atoms. The average Bonchev–Trinajstić information content (AvgIpc) is 3.13. The number of anilines is 2. The molecule has 27 heavy (non-hydrogen) atoms. The zero-order valence-corrected chi connectivity index (χ0v) is 16.0. The summed E-state index contributed by atoms with van der Waals surface area (Å²) in [6.45, 7) is 4.52. The molecule has 0 radical (unpaired) electrons. The third-order valence-electron chi connectivity index (χ3n) is 5.10. The number of carbonyl (C=O) groups is 1. The predicted molar refractivity (Wildman–Crippen MR) is 103 cm³/mol. The molecular weight excluding hydrogens is 366 g/mol. The van der Waals surface area contributed by atoms with Gasteiger partial charge in [0.15, 0.2) is 5.79 Å². The lowest BCUT2D eigenvalue weighted by atomic mass is 10.0. The summed E-state index contributed by atoms with van der Waals surface area (Å²) in [5, 5.41) is 3.90. The molecule has 2 saturated heterocycles. The fourth-order valence-corrected chi connectivity index (χ4v) is 3.65. The van der Waals surface area contributed by atoms with E-state index < -0.39 is 5.79 Å². The Labute approximate surface area is 163 Å². The van der Waals surface area contributed by atoms with Crippen molar-refractivity contribution in [1.82, 2.24) is 9.88 Å². The van der Waals surface area contributed by atoms with Crippen molar-refractivity contribution >= 4 is 29.0 Å². The minimum absolute atomic E-state index is 0.0131. The van der Waals surface area contributed by atoms with Crippen LogP contribution in [0.15, 0.2) is 36.5 Å². The summed E-state index contributed by atoms with van der Waals surface area (Å²) in [6, 6.07) is 9.26. The van der Waals surface area contributed by atoms with E-state index in [0.29, 0.717) is 55.5 Å². The summed E-state index contributed by atoms with van der Waals surface area (Å²) in [4.78, 5) is 19.0. The van der Waals surface area contributed by atoms with E-state index in [9.17, 15) is 4.79 Å². The number of likely N-dealkylation sites (tertiary alicyclic amines) is 1. The SMILES string of the molecule is Cc1ccc(Cl)cc1Nc1ccc(C(=O)N2CCC3(CC2)OCCO3)cn1. The fourth-order valence-electron chi connectivity index (χ4n) is 3.48. The number of nitrogens with one attached hydrogen (secondary N) is 1. The van der Waals surface area contributed by atoms with Crippen molar-refractivity contribution in [3.05, 3.63) is 52.7 Å². The average molecular weight is 388 g/mol. The molecule has 1 N–H and O–H groups in total. The Balaban J connectivity index is 1.40. The van der Waals surface area contributed by atoms with Crippen LogP contribution in [0.3, 0.4) is 0 Å². The Kier molecular flexibility index (Phi) is 5.04. The number of rotatable bonds is 3. The maximum Gasteiger partial charge on any atom is 0.255 e. The second-order valence-corrected chi connectivity index (χ2v) is 7.35. The van der Waals surface area contributed by atoms with Crippen molar-refractivity contribution < 1.29 is 14.3 Å². The monoisotopic (exact) mass is 387 g/mol. The number of pyridine rings is 1. The van der Waals surface area contributed by atoms with Gasteiger partial charge in [0.2, 0.25) is 0 Å². The van der Waals surface area contributed by atoms with Crippen molar-refractivity contribution in [2.24, 2.45) is 0 Å². The molecule has 1 aromatic carbocycles. The molecule has 0 atom stereocenters. The smallest absolute Gasteiger partial charge is 0.255 e. The van der Waals surface area contributed by atoms with Gasteiger partial charge in [-0.3, -0.25) is 4.79 Å². The highest BCUT2D eigenvalue weighted by atomic mass is 35.5. The van der Waals surface area contributed by atoms with Gasteiger partial charge in [-0.1, -0.05) is 17.7 Å². The minimum Gasteiger partial charge on any atom is -0.347 e. The van der Waals surface area contributed by atoms with E-state index in [1.165, 1.54) is 0 Å². The molecule has 0 saturated carbocycles. The molecule has 1 amide bonds. The van der Waals surface area contributed by atoms with Gasteiger partial charge >= 0.3 is 0 Å². The topological polar surface area (TPSA) is 63.7 Å². The van der Waals surface area contributed by atoms with Gasteiger partial charge in [0.1, 0.15) is 5.82 Å². The number of hydrogen-bond acceptors (Lipinski definition) is 5. The number of benzene rings is 1. The van der Waals surface area contributed by atoms with Crippen molar-refractivity contribution in [2.75, 3.05) is 31.6 Å². The molecule has 0 aliphatic carbocycles. The minimum atomic E-state index is -0.475. The van der Waals surface area contributed by atoms with Gasteiger partial charge in [0.25, 0.3) is 5.91 Å². The molecule has 2 aromatic rings. The van der Waals surface area contributed by atoms with Crippen LogP contribution in [0.2, 0.25) is 5.02 Å². The predicted octanol–water partition coefficient (Wildman–Crippen LogP) is 3.77. The van der Waals surface area contributed by atoms with Gasteiger partial charge in [-0.2, -0.15) is 0 Å². The van der Waals surface area contributed by atoms with Crippen molar-refractivity contribution in [3.63, 3.8) is 0 Å². The molecule has 4 rings (SSSR count). The molecule has 0 bridgehead atoms. The summed E-state index contributed by atoms with van der Waals surface area (Å²) in [5.74, 6) is 0.181. The second-order valence-electron chi connectivity index (χ2n) is 6.92. The van der Waals surface area contributed by atoms with Crippen LogP contribution in [0.25, 0.3) is 0 Å². The highest BCUT2D eigenvalue weighted by Gasteiger charge is 2.40. The number of carbonyl (C=O) groups excluding carboxylic acids is 1. The number of halogens is 1. The maximum absolute atomic E-state index is 12.7. The zero-order chi connectivity index (χ0) is 18.9. The largest absolute Gasteiger partial charge is 0.347 e. The summed E-state index contributed by atoms with van der Waals surface area (Å²) in [5.41, 5.74) is 2.54. The van der Waals surface area contributed by atoms with Gasteiger partial charge in [-0.05, 0) is 36.8 Å². The van der Waals surface area contributed by atoms with E-state index in [-0.39, 0.29) is 5.91 Å². The number of ether oxygens (including phenoxy) is 2. The van der Waals surface area contributed by atoms with Gasteiger partial charge in [0.05, 0.1) is 18.8 Å². The third-order valence-corrected chi connectivity index (χ3v) is 5.33. The fraction of sp³-hybridized carbons (Fsp3) is 0.400. The van der Waals surface area contributed by atoms with Crippen LogP contribution in [0, 0.1) is 6.92 Å². The lowest BCUT2D eigenvalue weighted by Crippen LogP contribution is -2.47. The first kappa shape index (κ1) is 18.2. The Bertz CT molecular complexity index is 825. The number of aromatic nitrogens is 1. The molecule has 3 heterocycles. The van der Waals surface area contributed by atoms with E-state index in [1.807, 2.05) is 36.1 Å². The standard InChI is InChI=1S/C20H22ClN3O3/c1-14-2-4-16(21)12-17(14)23-18-5-3-15(13-22-18)19(25)24-8-6-20(7-9-24)26-10-11-27-20/h2-5,12-13H,6-11H2,1H3,(H,22,23).